The molecule has 1 amide bonds. The number of carbonyl (C=O) groups excluding carboxylic acids is 1. The molecule has 0 spiro atoms. The fraction of sp³-hybridized carbons (Fsp3) is 0.636. The number of amides is 1. The number of rotatable bonds is 9. The molecule has 1 aliphatic carbocycles. The van der Waals surface area contributed by atoms with Crippen molar-refractivity contribution >= 4 is 19.0 Å². The third-order valence-electron chi connectivity index (χ3n) is 6.65. The maximum atomic E-state index is 12.6. The zero-order chi connectivity index (χ0) is 22.5. The van der Waals surface area contributed by atoms with E-state index in [0.29, 0.717) is 36.4 Å². The Morgan fingerprint density at radius 1 is 1.06 bits per heavy atom. The lowest BCUT2D eigenvalue weighted by Gasteiger charge is -2.31. The van der Waals surface area contributed by atoms with Gasteiger partial charge >= 0.3 is 13.1 Å². The van der Waals surface area contributed by atoms with Crippen molar-refractivity contribution in [3.8, 4) is 5.75 Å². The molecule has 0 aromatic heterocycles. The van der Waals surface area contributed by atoms with Gasteiger partial charge in [-0.1, -0.05) is 12.1 Å². The number of carboxylic acids is 1. The summed E-state index contributed by atoms with van der Waals surface area (Å²) < 4.78 is 10.6. The highest BCUT2D eigenvalue weighted by Crippen LogP contribution is 2.31. The van der Waals surface area contributed by atoms with Gasteiger partial charge in [-0.05, 0) is 49.7 Å². The van der Waals surface area contributed by atoms with E-state index in [-0.39, 0.29) is 17.2 Å². The van der Waals surface area contributed by atoms with Crippen LogP contribution in [-0.2, 0) is 16.0 Å². The van der Waals surface area contributed by atoms with E-state index in [1.54, 1.807) is 12.1 Å². The third kappa shape index (κ3) is 5.80. The van der Waals surface area contributed by atoms with Crippen LogP contribution < -0.4 is 20.6 Å². The monoisotopic (exact) mass is 445 g/mol. The van der Waals surface area contributed by atoms with Gasteiger partial charge in [0.1, 0.15) is 5.75 Å². The van der Waals surface area contributed by atoms with Crippen molar-refractivity contribution in [1.29, 1.82) is 0 Å². The maximum Gasteiger partial charge on any atom is 0.547 e. The van der Waals surface area contributed by atoms with Gasteiger partial charge in [0.2, 0.25) is 5.91 Å². The maximum absolute atomic E-state index is 12.6. The van der Waals surface area contributed by atoms with Crippen LogP contribution in [0.5, 0.6) is 5.75 Å². The molecule has 1 atom stereocenters. The van der Waals surface area contributed by atoms with Crippen molar-refractivity contribution in [2.24, 2.45) is 5.92 Å². The lowest BCUT2D eigenvalue weighted by molar-refractivity contribution is -0.122. The summed E-state index contributed by atoms with van der Waals surface area (Å²) in [6, 6.07) is 5.86. The Morgan fingerprint density at radius 3 is 2.44 bits per heavy atom. The molecule has 2 fully saturated rings. The van der Waals surface area contributed by atoms with Crippen molar-refractivity contribution in [2.45, 2.75) is 56.5 Å². The van der Waals surface area contributed by atoms with Gasteiger partial charge in [0, 0.05) is 25.6 Å². The quantitative estimate of drug-likeness (QED) is 0.272. The molecule has 2 heterocycles. The van der Waals surface area contributed by atoms with E-state index in [4.69, 9.17) is 9.39 Å². The summed E-state index contributed by atoms with van der Waals surface area (Å²) in [5, 5.41) is 29.5. The molecule has 2 aliphatic heterocycles. The average Bonchev–Trinajstić information content (AvgIpc) is 2.73. The van der Waals surface area contributed by atoms with E-state index in [2.05, 4.69) is 16.0 Å². The van der Waals surface area contributed by atoms with Gasteiger partial charge in [0.05, 0.1) is 30.8 Å². The first-order chi connectivity index (χ1) is 15.5. The molecule has 10 heteroatoms. The minimum Gasteiger partial charge on any atom is -0.534 e. The van der Waals surface area contributed by atoms with E-state index in [0.717, 1.165) is 52.0 Å². The first-order valence-corrected chi connectivity index (χ1v) is 11.5. The van der Waals surface area contributed by atoms with Gasteiger partial charge in [0.15, 0.2) is 0 Å². The predicted octanol–water partition coefficient (Wildman–Crippen LogP) is 0.351. The summed E-state index contributed by atoms with van der Waals surface area (Å²) in [5.74, 6) is -1.28. The van der Waals surface area contributed by atoms with E-state index in [1.807, 2.05) is 0 Å². The van der Waals surface area contributed by atoms with Crippen LogP contribution in [0.15, 0.2) is 18.2 Å². The second kappa shape index (κ2) is 10.7. The largest absolute Gasteiger partial charge is 0.547 e. The SMILES string of the molecule is O=C(CC1CCC(NCCNC2COC2)CC1)NC1Cc2cccc(C(=O)O)c2OB1O. The molecule has 1 aromatic rings. The van der Waals surface area contributed by atoms with Crippen molar-refractivity contribution in [3.05, 3.63) is 29.3 Å². The van der Waals surface area contributed by atoms with Crippen molar-refractivity contribution in [1.82, 2.24) is 16.0 Å². The van der Waals surface area contributed by atoms with Crippen LogP contribution in [0.1, 0.15) is 48.0 Å². The fourth-order valence-corrected chi connectivity index (χ4v) is 4.72. The van der Waals surface area contributed by atoms with Crippen molar-refractivity contribution in [3.63, 3.8) is 0 Å². The Hall–Kier alpha value is -2.14. The van der Waals surface area contributed by atoms with Crippen LogP contribution in [0.3, 0.4) is 0 Å². The number of aromatic carboxylic acids is 1. The minimum atomic E-state index is -1.27. The number of hydrogen-bond acceptors (Lipinski definition) is 7. The number of benzene rings is 1. The van der Waals surface area contributed by atoms with Crippen LogP contribution >= 0.6 is 0 Å². The van der Waals surface area contributed by atoms with Crippen LogP contribution in [0.4, 0.5) is 0 Å². The third-order valence-corrected chi connectivity index (χ3v) is 6.65. The Morgan fingerprint density at radius 2 is 1.78 bits per heavy atom. The predicted molar refractivity (Wildman–Crippen MR) is 119 cm³/mol. The van der Waals surface area contributed by atoms with E-state index < -0.39 is 19.0 Å². The molecule has 32 heavy (non-hydrogen) atoms. The van der Waals surface area contributed by atoms with E-state index in [1.165, 1.54) is 6.07 Å². The van der Waals surface area contributed by atoms with Crippen LogP contribution in [0, 0.1) is 5.92 Å². The van der Waals surface area contributed by atoms with Gasteiger partial charge in [-0.3, -0.25) is 4.79 Å². The molecule has 9 nitrogen and oxygen atoms in total. The van der Waals surface area contributed by atoms with Gasteiger partial charge in [-0.25, -0.2) is 4.79 Å². The Bertz CT molecular complexity index is 813. The number of ether oxygens (including phenoxy) is 1. The molecule has 3 aliphatic rings. The molecule has 1 saturated heterocycles. The van der Waals surface area contributed by atoms with Gasteiger partial charge < -0.3 is 35.5 Å². The van der Waals surface area contributed by atoms with Gasteiger partial charge in [0.25, 0.3) is 0 Å². The van der Waals surface area contributed by atoms with E-state index >= 15 is 0 Å². The molecule has 1 saturated carbocycles. The molecule has 4 rings (SSSR count). The molecular weight excluding hydrogens is 413 g/mol. The first kappa shape index (κ1) is 23.0. The molecule has 5 N–H and O–H groups in total. The average molecular weight is 445 g/mol. The minimum absolute atomic E-state index is 0.0181. The summed E-state index contributed by atoms with van der Waals surface area (Å²) >= 11 is 0. The summed E-state index contributed by atoms with van der Waals surface area (Å²) in [6.45, 7) is 3.51. The Kier molecular flexibility index (Phi) is 7.67. The fourth-order valence-electron chi connectivity index (χ4n) is 4.72. The molecule has 1 unspecified atom stereocenters. The second-order valence-corrected chi connectivity index (χ2v) is 9.05. The first-order valence-electron chi connectivity index (χ1n) is 11.5. The number of nitrogens with one attached hydrogen (secondary N) is 3. The van der Waals surface area contributed by atoms with E-state index in [9.17, 15) is 19.7 Å². The number of para-hydroxylation sites is 1. The summed E-state index contributed by atoms with van der Waals surface area (Å²) in [6.07, 6.45) is 4.89. The molecule has 0 bridgehead atoms. The number of carboxylic acid groups (broad SMARTS) is 1. The summed E-state index contributed by atoms with van der Waals surface area (Å²) in [5.41, 5.74) is 0.691. The van der Waals surface area contributed by atoms with Crippen molar-refractivity contribution < 1.29 is 29.1 Å². The van der Waals surface area contributed by atoms with Crippen LogP contribution in [0.25, 0.3) is 0 Å². The standard InChI is InChI=1S/C22H32BN3O6/c27-20(10-14-4-6-16(7-5-14)24-8-9-25-17-12-31-13-17)26-19-11-15-2-1-3-18(22(28)29)21(15)32-23(19)30/h1-3,14,16-17,19,24-25,30H,4-13H2,(H,26,27)(H,28,29). The van der Waals surface area contributed by atoms with Gasteiger partial charge in [-0.2, -0.15) is 0 Å². The highest BCUT2D eigenvalue weighted by atomic mass is 16.5. The molecular formula is C22H32BN3O6. The Labute approximate surface area is 188 Å². The smallest absolute Gasteiger partial charge is 0.534 e. The zero-order valence-electron chi connectivity index (χ0n) is 18.2. The summed E-state index contributed by atoms with van der Waals surface area (Å²) in [4.78, 5) is 24.0. The molecule has 174 valence electrons. The van der Waals surface area contributed by atoms with Crippen LogP contribution in [0.2, 0.25) is 0 Å². The Balaban J connectivity index is 1.17. The number of hydrogen-bond donors (Lipinski definition) is 5. The molecule has 1 aromatic carbocycles. The topological polar surface area (TPSA) is 129 Å². The lowest BCUT2D eigenvalue weighted by Crippen LogP contribution is -2.53. The number of carbonyl (C=O) groups is 2. The molecule has 0 radical (unpaired) electrons. The summed E-state index contributed by atoms with van der Waals surface area (Å²) in [7, 11) is -1.27. The normalized spacial score (nSPS) is 25.4. The zero-order valence-corrected chi connectivity index (χ0v) is 18.2. The van der Waals surface area contributed by atoms with Gasteiger partial charge in [-0.15, -0.1) is 0 Å². The second-order valence-electron chi connectivity index (χ2n) is 9.05. The number of fused-ring (bicyclic) bond motifs is 1. The highest BCUT2D eigenvalue weighted by Gasteiger charge is 2.38. The highest BCUT2D eigenvalue weighted by molar-refractivity contribution is 6.47. The lowest BCUT2D eigenvalue weighted by atomic mass is 9.72. The van der Waals surface area contributed by atoms with Crippen molar-refractivity contribution in [2.75, 3.05) is 26.3 Å². The van der Waals surface area contributed by atoms with Crippen LogP contribution in [-0.4, -0.2) is 73.5 Å².